The lowest BCUT2D eigenvalue weighted by Crippen LogP contribution is -2.22. The number of aromatic nitrogens is 1. The van der Waals surface area contributed by atoms with Gasteiger partial charge in [-0.2, -0.15) is 0 Å². The highest BCUT2D eigenvalue weighted by Gasteiger charge is 2.19. The number of nitrogens with zero attached hydrogens (tertiary/aromatic N) is 1. The van der Waals surface area contributed by atoms with Gasteiger partial charge in [0.05, 0.1) is 12.3 Å². The SMILES string of the molecule is CCOC(=O)c1sc(NC(=O)c2cccc(NC(=O)C(CC)CC)c2)nc1C. The van der Waals surface area contributed by atoms with Crippen LogP contribution < -0.4 is 10.6 Å². The van der Waals surface area contributed by atoms with Crippen LogP contribution in [0.15, 0.2) is 24.3 Å². The molecule has 2 rings (SSSR count). The summed E-state index contributed by atoms with van der Waals surface area (Å²) in [5.41, 5.74) is 1.45. The second kappa shape index (κ2) is 9.98. The third-order valence-corrected chi connectivity index (χ3v) is 5.28. The molecule has 2 aromatic rings. The van der Waals surface area contributed by atoms with Crippen LogP contribution in [0.1, 0.15) is 59.3 Å². The van der Waals surface area contributed by atoms with Crippen molar-refractivity contribution >= 4 is 39.9 Å². The number of nitrogens with one attached hydrogen (secondary N) is 2. The highest BCUT2D eigenvalue weighted by Crippen LogP contribution is 2.24. The summed E-state index contributed by atoms with van der Waals surface area (Å²) in [5.74, 6) is -0.943. The molecule has 0 fully saturated rings. The highest BCUT2D eigenvalue weighted by molar-refractivity contribution is 7.17. The van der Waals surface area contributed by atoms with Crippen LogP contribution in [0.2, 0.25) is 0 Å². The molecule has 0 atom stereocenters. The van der Waals surface area contributed by atoms with Gasteiger partial charge < -0.3 is 10.1 Å². The molecule has 0 saturated carbocycles. The molecule has 0 aliphatic rings. The molecule has 0 aliphatic carbocycles. The zero-order valence-corrected chi connectivity index (χ0v) is 17.3. The second-order valence-electron chi connectivity index (χ2n) is 6.19. The van der Waals surface area contributed by atoms with Crippen molar-refractivity contribution in [1.82, 2.24) is 4.98 Å². The first-order valence-electron chi connectivity index (χ1n) is 9.26. The lowest BCUT2D eigenvalue weighted by molar-refractivity contribution is -0.120. The number of benzene rings is 1. The van der Waals surface area contributed by atoms with Crippen LogP contribution in [0, 0.1) is 12.8 Å². The third kappa shape index (κ3) is 5.39. The van der Waals surface area contributed by atoms with Crippen molar-refractivity contribution in [1.29, 1.82) is 0 Å². The molecule has 0 aliphatic heterocycles. The maximum Gasteiger partial charge on any atom is 0.350 e. The fraction of sp³-hybridized carbons (Fsp3) is 0.400. The molecule has 150 valence electrons. The summed E-state index contributed by atoms with van der Waals surface area (Å²) in [6.07, 6.45) is 1.52. The molecular formula is C20H25N3O4S. The average molecular weight is 404 g/mol. The third-order valence-electron chi connectivity index (χ3n) is 4.23. The fourth-order valence-corrected chi connectivity index (χ4v) is 3.50. The van der Waals surface area contributed by atoms with Gasteiger partial charge in [0.1, 0.15) is 4.88 Å². The van der Waals surface area contributed by atoms with Crippen LogP contribution in [-0.4, -0.2) is 29.4 Å². The van der Waals surface area contributed by atoms with Gasteiger partial charge in [-0.05, 0) is 44.9 Å². The standard InChI is InChI=1S/C20H25N3O4S/c1-5-13(6-2)17(24)22-15-10-8-9-14(11-15)18(25)23-20-21-12(4)16(28-20)19(26)27-7-3/h8-11,13H,5-7H2,1-4H3,(H,22,24)(H,21,23,25). The smallest absolute Gasteiger partial charge is 0.350 e. The van der Waals surface area contributed by atoms with E-state index in [1.54, 1.807) is 38.1 Å². The topological polar surface area (TPSA) is 97.4 Å². The number of amides is 2. The largest absolute Gasteiger partial charge is 0.462 e. The van der Waals surface area contributed by atoms with Crippen LogP contribution in [0.25, 0.3) is 0 Å². The zero-order valence-electron chi connectivity index (χ0n) is 16.5. The molecule has 28 heavy (non-hydrogen) atoms. The van der Waals surface area contributed by atoms with E-state index in [9.17, 15) is 14.4 Å². The predicted molar refractivity (Wildman–Crippen MR) is 110 cm³/mol. The van der Waals surface area contributed by atoms with E-state index in [1.807, 2.05) is 13.8 Å². The summed E-state index contributed by atoms with van der Waals surface area (Å²) in [6.45, 7) is 7.63. The van der Waals surface area contributed by atoms with Crippen molar-refractivity contribution in [2.75, 3.05) is 17.2 Å². The van der Waals surface area contributed by atoms with Crippen LogP contribution >= 0.6 is 11.3 Å². The molecule has 8 heteroatoms. The fourth-order valence-electron chi connectivity index (χ4n) is 2.65. The van der Waals surface area contributed by atoms with Crippen LogP contribution in [0.4, 0.5) is 10.8 Å². The summed E-state index contributed by atoms with van der Waals surface area (Å²) in [5, 5.41) is 5.86. The van der Waals surface area contributed by atoms with E-state index < -0.39 is 5.97 Å². The maximum atomic E-state index is 12.5. The molecule has 2 N–H and O–H groups in total. The van der Waals surface area contributed by atoms with Crippen LogP contribution in [-0.2, 0) is 9.53 Å². The number of esters is 1. The normalized spacial score (nSPS) is 10.6. The summed E-state index contributed by atoms with van der Waals surface area (Å²) >= 11 is 1.07. The minimum atomic E-state index is -0.455. The first kappa shape index (κ1) is 21.6. The predicted octanol–water partition coefficient (Wildman–Crippen LogP) is 4.26. The van der Waals surface area contributed by atoms with E-state index in [2.05, 4.69) is 15.6 Å². The molecule has 0 bridgehead atoms. The Morgan fingerprint density at radius 2 is 1.86 bits per heavy atom. The van der Waals surface area contributed by atoms with E-state index in [1.165, 1.54) is 0 Å². The van der Waals surface area contributed by atoms with Crippen LogP contribution in [0.5, 0.6) is 0 Å². The monoisotopic (exact) mass is 403 g/mol. The van der Waals surface area contributed by atoms with Crippen molar-refractivity contribution in [3.05, 3.63) is 40.4 Å². The zero-order chi connectivity index (χ0) is 20.7. The average Bonchev–Trinajstić information content (AvgIpc) is 3.03. The van der Waals surface area contributed by atoms with E-state index in [-0.39, 0.29) is 24.3 Å². The lowest BCUT2D eigenvalue weighted by Gasteiger charge is -2.13. The quantitative estimate of drug-likeness (QED) is 0.642. The molecule has 0 unspecified atom stereocenters. The molecule has 0 radical (unpaired) electrons. The van der Waals surface area contributed by atoms with Crippen molar-refractivity contribution in [2.24, 2.45) is 5.92 Å². The minimum absolute atomic E-state index is 0.0582. The number of carbonyl (C=O) groups excluding carboxylic acids is 3. The van der Waals surface area contributed by atoms with E-state index in [4.69, 9.17) is 4.74 Å². The summed E-state index contributed by atoms with van der Waals surface area (Å²) < 4.78 is 4.98. The molecule has 2 amide bonds. The minimum Gasteiger partial charge on any atom is -0.462 e. The Morgan fingerprint density at radius 1 is 1.14 bits per heavy atom. The molecule has 1 heterocycles. The molecular weight excluding hydrogens is 378 g/mol. The summed E-state index contributed by atoms with van der Waals surface area (Å²) in [7, 11) is 0. The number of hydrogen-bond donors (Lipinski definition) is 2. The van der Waals surface area contributed by atoms with Gasteiger partial charge in [0.15, 0.2) is 5.13 Å². The number of rotatable bonds is 8. The van der Waals surface area contributed by atoms with Crippen molar-refractivity contribution in [3.63, 3.8) is 0 Å². The van der Waals surface area contributed by atoms with Gasteiger partial charge in [0.25, 0.3) is 5.91 Å². The Kier molecular flexibility index (Phi) is 7.69. The first-order chi connectivity index (χ1) is 13.4. The van der Waals surface area contributed by atoms with E-state index in [0.717, 1.165) is 24.2 Å². The second-order valence-corrected chi connectivity index (χ2v) is 7.19. The number of anilines is 2. The Bertz CT molecular complexity index is 859. The Labute approximate surface area is 168 Å². The Balaban J connectivity index is 2.10. The summed E-state index contributed by atoms with van der Waals surface area (Å²) in [6, 6.07) is 6.70. The van der Waals surface area contributed by atoms with Gasteiger partial charge in [-0.25, -0.2) is 9.78 Å². The van der Waals surface area contributed by atoms with Crippen LogP contribution in [0.3, 0.4) is 0 Å². The van der Waals surface area contributed by atoms with Crippen molar-refractivity contribution < 1.29 is 19.1 Å². The van der Waals surface area contributed by atoms with Gasteiger partial charge >= 0.3 is 5.97 Å². The molecule has 7 nitrogen and oxygen atoms in total. The van der Waals surface area contributed by atoms with Gasteiger partial charge in [-0.3, -0.25) is 14.9 Å². The van der Waals surface area contributed by atoms with E-state index >= 15 is 0 Å². The Hall–Kier alpha value is -2.74. The number of ether oxygens (including phenoxy) is 1. The molecule has 1 aromatic heterocycles. The molecule has 0 spiro atoms. The van der Waals surface area contributed by atoms with Gasteiger partial charge in [-0.1, -0.05) is 31.3 Å². The van der Waals surface area contributed by atoms with E-state index in [0.29, 0.717) is 27.0 Å². The van der Waals surface area contributed by atoms with Crippen molar-refractivity contribution in [3.8, 4) is 0 Å². The number of thiazole rings is 1. The summed E-state index contributed by atoms with van der Waals surface area (Å²) in [4.78, 5) is 41.2. The van der Waals surface area contributed by atoms with Gasteiger partial charge in [0, 0.05) is 17.2 Å². The van der Waals surface area contributed by atoms with Gasteiger partial charge in [-0.15, -0.1) is 0 Å². The van der Waals surface area contributed by atoms with Crippen molar-refractivity contribution in [2.45, 2.75) is 40.5 Å². The number of carbonyl (C=O) groups is 3. The molecule has 0 saturated heterocycles. The highest BCUT2D eigenvalue weighted by atomic mass is 32.1. The van der Waals surface area contributed by atoms with Gasteiger partial charge in [0.2, 0.25) is 5.91 Å². The lowest BCUT2D eigenvalue weighted by atomic mass is 10.0. The number of aryl methyl sites for hydroxylation is 1. The maximum absolute atomic E-state index is 12.5. The molecule has 1 aromatic carbocycles. The first-order valence-corrected chi connectivity index (χ1v) is 10.1. The number of hydrogen-bond acceptors (Lipinski definition) is 6. The Morgan fingerprint density at radius 3 is 2.50 bits per heavy atom.